The summed E-state index contributed by atoms with van der Waals surface area (Å²) in [7, 11) is 0. The second kappa shape index (κ2) is 8.30. The van der Waals surface area contributed by atoms with Crippen molar-refractivity contribution in [2.45, 2.75) is 26.8 Å². The molecule has 1 aromatic heterocycles. The molecule has 132 valence electrons. The van der Waals surface area contributed by atoms with Gasteiger partial charge in [0.2, 0.25) is 0 Å². The summed E-state index contributed by atoms with van der Waals surface area (Å²) >= 11 is 0. The van der Waals surface area contributed by atoms with Gasteiger partial charge in [0.15, 0.2) is 0 Å². The van der Waals surface area contributed by atoms with Crippen LogP contribution in [-0.2, 0) is 13.0 Å². The first-order valence-electron chi connectivity index (χ1n) is 8.80. The first-order chi connectivity index (χ1) is 12.7. The van der Waals surface area contributed by atoms with Gasteiger partial charge < -0.3 is 10.6 Å². The Bertz CT molecular complexity index is 888. The Hall–Kier alpha value is -3.14. The van der Waals surface area contributed by atoms with Gasteiger partial charge in [0.25, 0.3) is 5.91 Å². The number of anilines is 2. The Labute approximate surface area is 154 Å². The molecule has 4 nitrogen and oxygen atoms in total. The van der Waals surface area contributed by atoms with E-state index >= 15 is 0 Å². The molecule has 2 aromatic carbocycles. The van der Waals surface area contributed by atoms with E-state index in [0.717, 1.165) is 23.4 Å². The van der Waals surface area contributed by atoms with Crippen LogP contribution in [0.4, 0.5) is 11.4 Å². The molecule has 0 saturated heterocycles. The number of benzene rings is 2. The highest BCUT2D eigenvalue weighted by Crippen LogP contribution is 2.21. The maximum Gasteiger partial charge on any atom is 0.270 e. The molecule has 0 atom stereocenters. The highest BCUT2D eigenvalue weighted by atomic mass is 16.1. The van der Waals surface area contributed by atoms with Crippen molar-refractivity contribution < 1.29 is 4.79 Å². The van der Waals surface area contributed by atoms with E-state index in [1.807, 2.05) is 55.5 Å². The molecule has 0 unspecified atom stereocenters. The molecule has 0 fully saturated rings. The summed E-state index contributed by atoms with van der Waals surface area (Å²) in [6, 6.07) is 19.9. The number of hydrogen-bond acceptors (Lipinski definition) is 3. The van der Waals surface area contributed by atoms with Crippen molar-refractivity contribution in [1.29, 1.82) is 0 Å². The Morgan fingerprint density at radius 1 is 1.04 bits per heavy atom. The second-order valence-corrected chi connectivity index (χ2v) is 6.23. The van der Waals surface area contributed by atoms with E-state index in [2.05, 4.69) is 28.6 Å². The number of rotatable bonds is 6. The summed E-state index contributed by atoms with van der Waals surface area (Å²) in [4.78, 5) is 16.6. The van der Waals surface area contributed by atoms with Crippen LogP contribution in [-0.4, -0.2) is 10.9 Å². The molecule has 3 aromatic rings. The highest BCUT2D eigenvalue weighted by molar-refractivity contribution is 5.93. The Kier molecular flexibility index (Phi) is 5.64. The van der Waals surface area contributed by atoms with Crippen LogP contribution in [0, 0.1) is 6.92 Å². The molecule has 2 N–H and O–H groups in total. The van der Waals surface area contributed by atoms with Gasteiger partial charge in [-0.2, -0.15) is 0 Å². The molecule has 4 heteroatoms. The third kappa shape index (κ3) is 4.48. The summed E-state index contributed by atoms with van der Waals surface area (Å²) in [6.45, 7) is 4.65. The number of hydrogen-bond donors (Lipinski definition) is 2. The normalized spacial score (nSPS) is 10.4. The molecule has 26 heavy (non-hydrogen) atoms. The standard InChI is InChI=1S/C22H23N3O/c1-3-18-6-4-5-7-20(18)25-19-12-13-23-21(14-19)22(26)24-15-17-10-8-16(2)9-11-17/h4-14H,3,15H2,1-2H3,(H,23,25)(H,24,26). The molecular formula is C22H23N3O. The van der Waals surface area contributed by atoms with Gasteiger partial charge in [-0.15, -0.1) is 0 Å². The quantitative estimate of drug-likeness (QED) is 0.685. The Balaban J connectivity index is 1.68. The topological polar surface area (TPSA) is 54.0 Å². The fraction of sp³-hybridized carbons (Fsp3) is 0.182. The SMILES string of the molecule is CCc1ccccc1Nc1ccnc(C(=O)NCc2ccc(C)cc2)c1. The van der Waals surface area contributed by atoms with Crippen LogP contribution in [0.15, 0.2) is 66.9 Å². The number of aromatic nitrogens is 1. The maximum absolute atomic E-state index is 12.4. The van der Waals surface area contributed by atoms with Gasteiger partial charge in [0.1, 0.15) is 5.69 Å². The largest absolute Gasteiger partial charge is 0.355 e. The molecule has 0 radical (unpaired) electrons. The third-order valence-electron chi connectivity index (χ3n) is 4.24. The summed E-state index contributed by atoms with van der Waals surface area (Å²) in [5.41, 5.74) is 5.79. The van der Waals surface area contributed by atoms with Gasteiger partial charge in [-0.3, -0.25) is 9.78 Å². The molecule has 0 aliphatic rings. The predicted molar refractivity (Wildman–Crippen MR) is 106 cm³/mol. The van der Waals surface area contributed by atoms with Crippen molar-refractivity contribution in [1.82, 2.24) is 10.3 Å². The average molecular weight is 345 g/mol. The van der Waals surface area contributed by atoms with Gasteiger partial charge in [0, 0.05) is 24.1 Å². The van der Waals surface area contributed by atoms with Crippen LogP contribution in [0.5, 0.6) is 0 Å². The second-order valence-electron chi connectivity index (χ2n) is 6.23. The zero-order chi connectivity index (χ0) is 18.4. The summed E-state index contributed by atoms with van der Waals surface area (Å²) in [6.07, 6.45) is 2.59. The van der Waals surface area contributed by atoms with E-state index in [4.69, 9.17) is 0 Å². The molecule has 0 aliphatic heterocycles. The zero-order valence-electron chi connectivity index (χ0n) is 15.1. The van der Waals surface area contributed by atoms with Gasteiger partial charge in [-0.1, -0.05) is 55.0 Å². The van der Waals surface area contributed by atoms with E-state index < -0.39 is 0 Å². The molecule has 0 spiro atoms. The van der Waals surface area contributed by atoms with Gasteiger partial charge in [0.05, 0.1) is 0 Å². The number of carbonyl (C=O) groups excluding carboxylic acids is 1. The summed E-state index contributed by atoms with van der Waals surface area (Å²) < 4.78 is 0. The molecule has 1 heterocycles. The van der Waals surface area contributed by atoms with Crippen molar-refractivity contribution in [3.05, 3.63) is 89.2 Å². The Morgan fingerprint density at radius 2 is 1.81 bits per heavy atom. The lowest BCUT2D eigenvalue weighted by atomic mass is 10.1. The van der Waals surface area contributed by atoms with Crippen LogP contribution >= 0.6 is 0 Å². The first-order valence-corrected chi connectivity index (χ1v) is 8.80. The molecule has 0 saturated carbocycles. The minimum Gasteiger partial charge on any atom is -0.355 e. The fourth-order valence-corrected chi connectivity index (χ4v) is 2.72. The van der Waals surface area contributed by atoms with Crippen molar-refractivity contribution in [3.63, 3.8) is 0 Å². The zero-order valence-corrected chi connectivity index (χ0v) is 15.1. The van der Waals surface area contributed by atoms with Crippen LogP contribution < -0.4 is 10.6 Å². The number of nitrogens with one attached hydrogen (secondary N) is 2. The first kappa shape index (κ1) is 17.7. The molecule has 0 aliphatic carbocycles. The van der Waals surface area contributed by atoms with Crippen molar-refractivity contribution in [3.8, 4) is 0 Å². The fourth-order valence-electron chi connectivity index (χ4n) is 2.72. The van der Waals surface area contributed by atoms with Crippen molar-refractivity contribution in [2.24, 2.45) is 0 Å². The number of aryl methyl sites for hydroxylation is 2. The maximum atomic E-state index is 12.4. The van der Waals surface area contributed by atoms with Crippen LogP contribution in [0.1, 0.15) is 34.1 Å². The average Bonchev–Trinajstić information content (AvgIpc) is 2.68. The Morgan fingerprint density at radius 3 is 2.58 bits per heavy atom. The number of carbonyl (C=O) groups is 1. The van der Waals surface area contributed by atoms with E-state index in [1.54, 1.807) is 12.3 Å². The van der Waals surface area contributed by atoms with Gasteiger partial charge in [-0.25, -0.2) is 0 Å². The third-order valence-corrected chi connectivity index (χ3v) is 4.24. The minimum absolute atomic E-state index is 0.182. The molecular weight excluding hydrogens is 322 g/mol. The smallest absolute Gasteiger partial charge is 0.270 e. The van der Waals surface area contributed by atoms with Gasteiger partial charge in [-0.05, 0) is 42.7 Å². The number of pyridine rings is 1. The highest BCUT2D eigenvalue weighted by Gasteiger charge is 2.09. The monoisotopic (exact) mass is 345 g/mol. The minimum atomic E-state index is -0.182. The molecule has 1 amide bonds. The van der Waals surface area contributed by atoms with Crippen LogP contribution in [0.3, 0.4) is 0 Å². The lowest BCUT2D eigenvalue weighted by molar-refractivity contribution is 0.0946. The lowest BCUT2D eigenvalue weighted by Crippen LogP contribution is -2.23. The van der Waals surface area contributed by atoms with Crippen molar-refractivity contribution in [2.75, 3.05) is 5.32 Å². The lowest BCUT2D eigenvalue weighted by Gasteiger charge is -2.12. The van der Waals surface area contributed by atoms with E-state index in [9.17, 15) is 4.79 Å². The van der Waals surface area contributed by atoms with E-state index in [1.165, 1.54) is 11.1 Å². The summed E-state index contributed by atoms with van der Waals surface area (Å²) in [5, 5.41) is 6.30. The van der Waals surface area contributed by atoms with Crippen molar-refractivity contribution >= 4 is 17.3 Å². The van der Waals surface area contributed by atoms with E-state index in [0.29, 0.717) is 12.2 Å². The van der Waals surface area contributed by atoms with Crippen LogP contribution in [0.25, 0.3) is 0 Å². The molecule has 0 bridgehead atoms. The predicted octanol–water partition coefficient (Wildman–Crippen LogP) is 4.63. The number of para-hydroxylation sites is 1. The number of amides is 1. The van der Waals surface area contributed by atoms with E-state index in [-0.39, 0.29) is 5.91 Å². The number of nitrogens with zero attached hydrogens (tertiary/aromatic N) is 1. The van der Waals surface area contributed by atoms with Gasteiger partial charge >= 0.3 is 0 Å². The van der Waals surface area contributed by atoms with Crippen LogP contribution in [0.2, 0.25) is 0 Å². The summed E-state index contributed by atoms with van der Waals surface area (Å²) in [5.74, 6) is -0.182. The molecule has 3 rings (SSSR count).